The van der Waals surface area contributed by atoms with E-state index in [0.717, 1.165) is 3.57 Å². The fourth-order valence-corrected chi connectivity index (χ4v) is 1.48. The summed E-state index contributed by atoms with van der Waals surface area (Å²) in [6.45, 7) is 1.50. The number of rotatable bonds is 2. The van der Waals surface area contributed by atoms with Crippen molar-refractivity contribution in [2.75, 3.05) is 0 Å². The zero-order valence-electron chi connectivity index (χ0n) is 6.86. The Morgan fingerprint density at radius 2 is 2.31 bits per heavy atom. The molecule has 0 N–H and O–H groups in total. The molecule has 0 aliphatic carbocycles. The first-order valence-electron chi connectivity index (χ1n) is 3.50. The SMILES string of the molecule is CC(=O)c1ccc(N=[N+]=[N-])c(I)c1. The van der Waals surface area contributed by atoms with Crippen molar-refractivity contribution in [2.24, 2.45) is 5.11 Å². The van der Waals surface area contributed by atoms with Crippen molar-refractivity contribution >= 4 is 34.1 Å². The van der Waals surface area contributed by atoms with Crippen molar-refractivity contribution in [2.45, 2.75) is 6.92 Å². The molecular formula is C8H6IN3O. The van der Waals surface area contributed by atoms with Crippen LogP contribution in [-0.4, -0.2) is 5.78 Å². The van der Waals surface area contributed by atoms with Gasteiger partial charge in [-0.2, -0.15) is 0 Å². The number of carbonyl (C=O) groups excluding carboxylic acids is 1. The van der Waals surface area contributed by atoms with E-state index in [1.54, 1.807) is 18.2 Å². The normalized spacial score (nSPS) is 9.08. The minimum Gasteiger partial charge on any atom is -0.295 e. The zero-order chi connectivity index (χ0) is 9.84. The van der Waals surface area contributed by atoms with Crippen LogP contribution in [0.5, 0.6) is 0 Å². The van der Waals surface area contributed by atoms with Crippen LogP contribution in [-0.2, 0) is 0 Å². The Bertz CT molecular complexity index is 396. The number of hydrogen-bond donors (Lipinski definition) is 0. The van der Waals surface area contributed by atoms with Gasteiger partial charge in [0.25, 0.3) is 0 Å². The van der Waals surface area contributed by atoms with Crippen LogP contribution in [0, 0.1) is 3.57 Å². The molecule has 5 heteroatoms. The molecule has 4 nitrogen and oxygen atoms in total. The predicted octanol–water partition coefficient (Wildman–Crippen LogP) is 3.44. The van der Waals surface area contributed by atoms with Crippen LogP contribution < -0.4 is 0 Å². The lowest BCUT2D eigenvalue weighted by Gasteiger charge is -1.99. The molecular weight excluding hydrogens is 281 g/mol. The fourth-order valence-electron chi connectivity index (χ4n) is 0.855. The Balaban J connectivity index is 3.19. The van der Waals surface area contributed by atoms with Crippen LogP contribution in [0.2, 0.25) is 0 Å². The Kier molecular flexibility index (Phi) is 3.27. The molecule has 0 spiro atoms. The Hall–Kier alpha value is -1.07. The van der Waals surface area contributed by atoms with Gasteiger partial charge in [0.05, 0.1) is 5.69 Å². The fraction of sp³-hybridized carbons (Fsp3) is 0.125. The maximum absolute atomic E-state index is 11.0. The van der Waals surface area contributed by atoms with Crippen LogP contribution >= 0.6 is 22.6 Å². The number of Topliss-reactive ketones (excluding diaryl/α,β-unsaturated/α-hetero) is 1. The lowest BCUT2D eigenvalue weighted by atomic mass is 10.1. The summed E-state index contributed by atoms with van der Waals surface area (Å²) in [5, 5.41) is 3.47. The third kappa shape index (κ3) is 2.43. The summed E-state index contributed by atoms with van der Waals surface area (Å²) < 4.78 is 0.781. The van der Waals surface area contributed by atoms with Gasteiger partial charge < -0.3 is 0 Å². The van der Waals surface area contributed by atoms with E-state index in [2.05, 4.69) is 10.0 Å². The number of carbonyl (C=O) groups is 1. The number of ketones is 1. The highest BCUT2D eigenvalue weighted by Gasteiger charge is 2.02. The quantitative estimate of drug-likeness (QED) is 0.270. The van der Waals surface area contributed by atoms with Crippen LogP contribution in [0.1, 0.15) is 17.3 Å². The molecule has 0 aliphatic heterocycles. The summed E-state index contributed by atoms with van der Waals surface area (Å²) in [6.07, 6.45) is 0. The monoisotopic (exact) mass is 287 g/mol. The standard InChI is InChI=1S/C8H6IN3O/c1-5(13)6-2-3-8(11-12-10)7(9)4-6/h2-4H,1H3. The molecule has 0 saturated carbocycles. The smallest absolute Gasteiger partial charge is 0.159 e. The van der Waals surface area contributed by atoms with Gasteiger partial charge in [0, 0.05) is 14.0 Å². The van der Waals surface area contributed by atoms with Crippen LogP contribution in [0.4, 0.5) is 5.69 Å². The Labute approximate surface area is 88.7 Å². The van der Waals surface area contributed by atoms with E-state index < -0.39 is 0 Å². The third-order valence-corrected chi connectivity index (χ3v) is 2.37. The van der Waals surface area contributed by atoms with Gasteiger partial charge in [0.2, 0.25) is 0 Å². The second-order valence-corrected chi connectivity index (χ2v) is 3.57. The molecule has 0 radical (unpaired) electrons. The highest BCUT2D eigenvalue weighted by Crippen LogP contribution is 2.22. The van der Waals surface area contributed by atoms with Crippen LogP contribution in [0.25, 0.3) is 10.4 Å². The minimum atomic E-state index is 0.00500. The molecule has 0 atom stereocenters. The summed E-state index contributed by atoms with van der Waals surface area (Å²) in [5.74, 6) is 0.00500. The number of halogens is 1. The van der Waals surface area contributed by atoms with E-state index in [9.17, 15) is 4.79 Å². The topological polar surface area (TPSA) is 65.8 Å². The van der Waals surface area contributed by atoms with Crippen molar-refractivity contribution in [3.05, 3.63) is 37.8 Å². The van der Waals surface area contributed by atoms with E-state index in [-0.39, 0.29) is 5.78 Å². The van der Waals surface area contributed by atoms with E-state index in [0.29, 0.717) is 11.3 Å². The van der Waals surface area contributed by atoms with Gasteiger partial charge in [-0.3, -0.25) is 4.79 Å². The molecule has 0 fully saturated rings. The molecule has 0 aromatic heterocycles. The average Bonchev–Trinajstić information content (AvgIpc) is 2.08. The molecule has 13 heavy (non-hydrogen) atoms. The summed E-state index contributed by atoms with van der Waals surface area (Å²) in [7, 11) is 0. The van der Waals surface area contributed by atoms with Crippen molar-refractivity contribution in [3.63, 3.8) is 0 Å². The summed E-state index contributed by atoms with van der Waals surface area (Å²) in [5.41, 5.74) is 9.39. The maximum Gasteiger partial charge on any atom is 0.159 e. The molecule has 1 aromatic carbocycles. The van der Waals surface area contributed by atoms with Gasteiger partial charge in [0.1, 0.15) is 0 Å². The second-order valence-electron chi connectivity index (χ2n) is 2.41. The van der Waals surface area contributed by atoms with Crippen molar-refractivity contribution in [3.8, 4) is 0 Å². The Morgan fingerprint density at radius 1 is 1.62 bits per heavy atom. The van der Waals surface area contributed by atoms with E-state index in [1.807, 2.05) is 22.6 Å². The molecule has 0 aliphatic rings. The van der Waals surface area contributed by atoms with Crippen LogP contribution in [0.3, 0.4) is 0 Å². The molecule has 1 rings (SSSR count). The summed E-state index contributed by atoms with van der Waals surface area (Å²) in [4.78, 5) is 13.6. The van der Waals surface area contributed by atoms with Crippen molar-refractivity contribution in [1.29, 1.82) is 0 Å². The first kappa shape index (κ1) is 10.0. The predicted molar refractivity (Wildman–Crippen MR) is 58.0 cm³/mol. The van der Waals surface area contributed by atoms with Gasteiger partial charge in [-0.25, -0.2) is 0 Å². The van der Waals surface area contributed by atoms with Gasteiger partial charge >= 0.3 is 0 Å². The summed E-state index contributed by atoms with van der Waals surface area (Å²) >= 11 is 2.03. The third-order valence-electron chi connectivity index (χ3n) is 1.51. The number of benzene rings is 1. The largest absolute Gasteiger partial charge is 0.295 e. The number of azide groups is 1. The molecule has 1 aromatic rings. The zero-order valence-corrected chi connectivity index (χ0v) is 9.02. The molecule has 66 valence electrons. The van der Waals surface area contributed by atoms with E-state index >= 15 is 0 Å². The highest BCUT2D eigenvalue weighted by molar-refractivity contribution is 14.1. The lowest BCUT2D eigenvalue weighted by Crippen LogP contribution is -1.91. The molecule has 0 bridgehead atoms. The van der Waals surface area contributed by atoms with Gasteiger partial charge in [0.15, 0.2) is 5.78 Å². The average molecular weight is 287 g/mol. The second kappa shape index (κ2) is 4.25. The first-order chi connectivity index (χ1) is 6.15. The molecule has 0 heterocycles. The molecule has 0 saturated heterocycles. The van der Waals surface area contributed by atoms with Crippen molar-refractivity contribution < 1.29 is 4.79 Å². The molecule has 0 amide bonds. The van der Waals surface area contributed by atoms with Gasteiger partial charge in [-0.1, -0.05) is 17.2 Å². The van der Waals surface area contributed by atoms with Gasteiger partial charge in [-0.05, 0) is 41.1 Å². The lowest BCUT2D eigenvalue weighted by molar-refractivity contribution is 0.101. The number of hydrogen-bond acceptors (Lipinski definition) is 2. The number of nitrogens with zero attached hydrogens (tertiary/aromatic N) is 3. The van der Waals surface area contributed by atoms with Gasteiger partial charge in [-0.15, -0.1) is 0 Å². The van der Waals surface area contributed by atoms with E-state index in [1.165, 1.54) is 6.92 Å². The van der Waals surface area contributed by atoms with Crippen LogP contribution in [0.15, 0.2) is 23.3 Å². The minimum absolute atomic E-state index is 0.00500. The molecule has 0 unspecified atom stereocenters. The Morgan fingerprint density at radius 3 is 2.77 bits per heavy atom. The van der Waals surface area contributed by atoms with E-state index in [4.69, 9.17) is 5.53 Å². The maximum atomic E-state index is 11.0. The first-order valence-corrected chi connectivity index (χ1v) is 4.58. The summed E-state index contributed by atoms with van der Waals surface area (Å²) in [6, 6.07) is 4.99. The van der Waals surface area contributed by atoms with Crippen molar-refractivity contribution in [1.82, 2.24) is 0 Å². The highest BCUT2D eigenvalue weighted by atomic mass is 127.